The van der Waals surface area contributed by atoms with Crippen LogP contribution in [-0.4, -0.2) is 7.11 Å². The number of methoxy groups -OCH3 is 1. The van der Waals surface area contributed by atoms with Crippen LogP contribution < -0.4 is 4.74 Å². The first kappa shape index (κ1) is 9.32. The zero-order valence-corrected chi connectivity index (χ0v) is 8.62. The Labute approximate surface area is 85.4 Å². The fourth-order valence-corrected chi connectivity index (χ4v) is 1.91. The first-order valence-corrected chi connectivity index (χ1v) is 5.23. The number of hydrogen-bond acceptors (Lipinski definition) is 1. The van der Waals surface area contributed by atoms with Gasteiger partial charge in [0.15, 0.2) is 0 Å². The predicted octanol–water partition coefficient (Wildman–Crippen LogP) is 3.65. The molecule has 0 aliphatic heterocycles. The fraction of sp³-hybridized carbons (Fsp3) is 0.385. The summed E-state index contributed by atoms with van der Waals surface area (Å²) in [6.45, 7) is 0. The van der Waals surface area contributed by atoms with Gasteiger partial charge < -0.3 is 4.74 Å². The Morgan fingerprint density at radius 2 is 1.86 bits per heavy atom. The third-order valence-electron chi connectivity index (χ3n) is 2.75. The van der Waals surface area contributed by atoms with Gasteiger partial charge in [0, 0.05) is 0 Å². The highest BCUT2D eigenvalue weighted by Crippen LogP contribution is 2.27. The van der Waals surface area contributed by atoms with Crippen LogP contribution in [0.5, 0.6) is 5.75 Å². The van der Waals surface area contributed by atoms with Crippen molar-refractivity contribution in [3.63, 3.8) is 0 Å². The molecule has 0 heterocycles. The molecule has 0 fully saturated rings. The lowest BCUT2D eigenvalue weighted by Gasteiger charge is -2.12. The van der Waals surface area contributed by atoms with E-state index in [9.17, 15) is 0 Å². The van der Waals surface area contributed by atoms with Crippen molar-refractivity contribution in [2.75, 3.05) is 7.11 Å². The molecule has 1 aromatic carbocycles. The molecule has 1 aromatic rings. The van der Waals surface area contributed by atoms with Crippen molar-refractivity contribution in [3.8, 4) is 5.75 Å². The monoisotopic (exact) mass is 188 g/mol. The van der Waals surface area contributed by atoms with Crippen molar-refractivity contribution >= 4 is 5.57 Å². The Bertz CT molecular complexity index is 322. The van der Waals surface area contributed by atoms with Crippen LogP contribution in [0.25, 0.3) is 5.57 Å². The summed E-state index contributed by atoms with van der Waals surface area (Å²) in [5, 5.41) is 0. The molecule has 0 atom stereocenters. The van der Waals surface area contributed by atoms with Crippen LogP contribution in [0, 0.1) is 0 Å². The van der Waals surface area contributed by atoms with Crippen LogP contribution in [0.2, 0.25) is 0 Å². The van der Waals surface area contributed by atoms with Gasteiger partial charge in [-0.15, -0.1) is 0 Å². The molecule has 0 amide bonds. The first-order chi connectivity index (χ1) is 6.90. The Balaban J connectivity index is 2.19. The molecule has 14 heavy (non-hydrogen) atoms. The lowest BCUT2D eigenvalue weighted by Crippen LogP contribution is -1.91. The van der Waals surface area contributed by atoms with E-state index in [1.807, 2.05) is 12.1 Å². The van der Waals surface area contributed by atoms with Crippen LogP contribution in [-0.2, 0) is 0 Å². The molecule has 2 rings (SSSR count). The SMILES string of the molecule is COc1ccc(C2=CCCCC2)cc1. The molecule has 1 nitrogen and oxygen atoms in total. The largest absolute Gasteiger partial charge is 0.497 e. The number of hydrogen-bond donors (Lipinski definition) is 0. The number of allylic oxidation sites excluding steroid dienone is 2. The van der Waals surface area contributed by atoms with Gasteiger partial charge in [-0.05, 0) is 49.0 Å². The molecule has 74 valence electrons. The summed E-state index contributed by atoms with van der Waals surface area (Å²) in [5.74, 6) is 0.935. The van der Waals surface area contributed by atoms with Gasteiger partial charge in [0.1, 0.15) is 5.75 Å². The van der Waals surface area contributed by atoms with Crippen molar-refractivity contribution in [3.05, 3.63) is 35.9 Å². The summed E-state index contributed by atoms with van der Waals surface area (Å²) in [7, 11) is 1.70. The Kier molecular flexibility index (Phi) is 2.87. The van der Waals surface area contributed by atoms with E-state index in [2.05, 4.69) is 18.2 Å². The first-order valence-electron chi connectivity index (χ1n) is 5.23. The molecule has 0 saturated carbocycles. The van der Waals surface area contributed by atoms with E-state index < -0.39 is 0 Å². The summed E-state index contributed by atoms with van der Waals surface area (Å²) >= 11 is 0. The van der Waals surface area contributed by atoms with Gasteiger partial charge in [-0.25, -0.2) is 0 Å². The van der Waals surface area contributed by atoms with Crippen molar-refractivity contribution in [1.82, 2.24) is 0 Å². The fourth-order valence-electron chi connectivity index (χ4n) is 1.91. The number of rotatable bonds is 2. The van der Waals surface area contributed by atoms with Crippen LogP contribution >= 0.6 is 0 Å². The van der Waals surface area contributed by atoms with E-state index >= 15 is 0 Å². The van der Waals surface area contributed by atoms with Crippen molar-refractivity contribution in [1.29, 1.82) is 0 Å². The van der Waals surface area contributed by atoms with Gasteiger partial charge in [-0.2, -0.15) is 0 Å². The highest BCUT2D eigenvalue weighted by atomic mass is 16.5. The van der Waals surface area contributed by atoms with Crippen LogP contribution in [0.1, 0.15) is 31.2 Å². The summed E-state index contributed by atoms with van der Waals surface area (Å²) < 4.78 is 5.14. The summed E-state index contributed by atoms with van der Waals surface area (Å²) in [6.07, 6.45) is 7.51. The van der Waals surface area contributed by atoms with E-state index in [4.69, 9.17) is 4.74 Å². The molecule has 0 spiro atoms. The molecule has 1 heteroatoms. The molecule has 0 unspecified atom stereocenters. The maximum absolute atomic E-state index is 5.14. The van der Waals surface area contributed by atoms with Gasteiger partial charge in [0.2, 0.25) is 0 Å². The molecule has 0 radical (unpaired) electrons. The zero-order chi connectivity index (χ0) is 9.80. The maximum Gasteiger partial charge on any atom is 0.118 e. The van der Waals surface area contributed by atoms with Crippen molar-refractivity contribution in [2.45, 2.75) is 25.7 Å². The Morgan fingerprint density at radius 1 is 1.07 bits per heavy atom. The van der Waals surface area contributed by atoms with E-state index in [0.717, 1.165) is 5.75 Å². The van der Waals surface area contributed by atoms with Gasteiger partial charge >= 0.3 is 0 Å². The quantitative estimate of drug-likeness (QED) is 0.688. The molecule has 0 N–H and O–H groups in total. The minimum atomic E-state index is 0.935. The molecule has 1 aliphatic rings. The summed E-state index contributed by atoms with van der Waals surface area (Å²) in [5.41, 5.74) is 2.85. The second-order valence-corrected chi connectivity index (χ2v) is 3.70. The number of ether oxygens (including phenoxy) is 1. The van der Waals surface area contributed by atoms with E-state index in [1.165, 1.54) is 36.8 Å². The third-order valence-corrected chi connectivity index (χ3v) is 2.75. The van der Waals surface area contributed by atoms with E-state index in [0.29, 0.717) is 0 Å². The summed E-state index contributed by atoms with van der Waals surface area (Å²) in [6, 6.07) is 8.36. The molecular weight excluding hydrogens is 172 g/mol. The Morgan fingerprint density at radius 3 is 2.43 bits per heavy atom. The maximum atomic E-state index is 5.14. The lowest BCUT2D eigenvalue weighted by molar-refractivity contribution is 0.415. The van der Waals surface area contributed by atoms with Crippen molar-refractivity contribution in [2.24, 2.45) is 0 Å². The molecule has 0 bridgehead atoms. The standard InChI is InChI=1S/C13H16O/c1-14-13-9-7-12(8-10-13)11-5-3-2-4-6-11/h5,7-10H,2-4,6H2,1H3. The summed E-state index contributed by atoms with van der Waals surface area (Å²) in [4.78, 5) is 0. The van der Waals surface area contributed by atoms with Gasteiger partial charge in [-0.1, -0.05) is 18.2 Å². The van der Waals surface area contributed by atoms with Crippen molar-refractivity contribution < 1.29 is 4.74 Å². The molecule has 1 aliphatic carbocycles. The average molecular weight is 188 g/mol. The lowest BCUT2D eigenvalue weighted by atomic mass is 9.94. The van der Waals surface area contributed by atoms with E-state index in [1.54, 1.807) is 7.11 Å². The van der Waals surface area contributed by atoms with Gasteiger partial charge in [0.25, 0.3) is 0 Å². The topological polar surface area (TPSA) is 9.23 Å². The minimum absolute atomic E-state index is 0.935. The van der Waals surface area contributed by atoms with Gasteiger partial charge in [0.05, 0.1) is 7.11 Å². The van der Waals surface area contributed by atoms with Crippen LogP contribution in [0.4, 0.5) is 0 Å². The second kappa shape index (κ2) is 4.32. The molecular formula is C13H16O. The number of benzene rings is 1. The average Bonchev–Trinajstić information content (AvgIpc) is 2.30. The highest BCUT2D eigenvalue weighted by molar-refractivity contribution is 5.66. The Hall–Kier alpha value is -1.24. The zero-order valence-electron chi connectivity index (χ0n) is 8.62. The predicted molar refractivity (Wildman–Crippen MR) is 59.4 cm³/mol. The molecule has 0 aromatic heterocycles. The molecule has 0 saturated heterocycles. The van der Waals surface area contributed by atoms with Gasteiger partial charge in [-0.3, -0.25) is 0 Å². The highest BCUT2D eigenvalue weighted by Gasteiger charge is 2.05. The third kappa shape index (κ3) is 1.98. The van der Waals surface area contributed by atoms with Crippen LogP contribution in [0.3, 0.4) is 0 Å². The second-order valence-electron chi connectivity index (χ2n) is 3.70. The minimum Gasteiger partial charge on any atom is -0.497 e. The van der Waals surface area contributed by atoms with Crippen LogP contribution in [0.15, 0.2) is 30.3 Å². The van der Waals surface area contributed by atoms with E-state index in [-0.39, 0.29) is 0 Å². The smallest absolute Gasteiger partial charge is 0.118 e. The normalized spacial score (nSPS) is 16.2.